The fourth-order valence-electron chi connectivity index (χ4n) is 3.60. The largest absolute Gasteiger partial charge is 0.366 e. The van der Waals surface area contributed by atoms with Gasteiger partial charge in [-0.1, -0.05) is 52.0 Å². The zero-order valence-corrected chi connectivity index (χ0v) is 17.8. The van der Waals surface area contributed by atoms with E-state index < -0.39 is 0 Å². The predicted octanol–water partition coefficient (Wildman–Crippen LogP) is 4.37. The number of nitrogens with one attached hydrogen (secondary N) is 1. The Bertz CT molecular complexity index is 851. The van der Waals surface area contributed by atoms with E-state index in [1.54, 1.807) is 0 Å². The lowest BCUT2D eigenvalue weighted by molar-refractivity contribution is -0.134. The number of rotatable bonds is 5. The van der Waals surface area contributed by atoms with Crippen LogP contribution in [0.25, 0.3) is 0 Å². The molecule has 0 saturated carbocycles. The average molecular weight is 394 g/mol. The fraction of sp³-hybridized carbons (Fsp3) is 0.417. The van der Waals surface area contributed by atoms with E-state index in [1.807, 2.05) is 67.3 Å². The van der Waals surface area contributed by atoms with E-state index in [9.17, 15) is 9.59 Å². The Morgan fingerprint density at radius 2 is 1.48 bits per heavy atom. The molecule has 1 heterocycles. The number of benzene rings is 2. The zero-order chi connectivity index (χ0) is 21.0. The van der Waals surface area contributed by atoms with Crippen molar-refractivity contribution in [1.82, 2.24) is 4.90 Å². The van der Waals surface area contributed by atoms with Crippen molar-refractivity contribution in [2.45, 2.75) is 33.6 Å². The molecule has 3 rings (SSSR count). The summed E-state index contributed by atoms with van der Waals surface area (Å²) in [5.74, 6) is 0.557. The number of anilines is 2. The van der Waals surface area contributed by atoms with Gasteiger partial charge in [0.1, 0.15) is 0 Å². The molecule has 1 saturated heterocycles. The van der Waals surface area contributed by atoms with Gasteiger partial charge < -0.3 is 15.1 Å². The Kier molecular flexibility index (Phi) is 6.57. The van der Waals surface area contributed by atoms with E-state index in [2.05, 4.69) is 24.1 Å². The number of amides is 2. The minimum Gasteiger partial charge on any atom is -0.366 e. The summed E-state index contributed by atoms with van der Waals surface area (Å²) in [6.07, 6.45) is 0. The van der Waals surface area contributed by atoms with Gasteiger partial charge in [0.25, 0.3) is 5.91 Å². The Labute approximate surface area is 173 Å². The molecule has 0 aromatic heterocycles. The molecule has 0 radical (unpaired) electrons. The minimum absolute atomic E-state index is 0.0233. The van der Waals surface area contributed by atoms with Crippen molar-refractivity contribution in [2.75, 3.05) is 36.4 Å². The van der Waals surface area contributed by atoms with Gasteiger partial charge in [0, 0.05) is 37.7 Å². The van der Waals surface area contributed by atoms with Crippen molar-refractivity contribution in [3.05, 3.63) is 59.7 Å². The Morgan fingerprint density at radius 1 is 0.862 bits per heavy atom. The van der Waals surface area contributed by atoms with Gasteiger partial charge in [-0.15, -0.1) is 0 Å². The van der Waals surface area contributed by atoms with Gasteiger partial charge in [-0.2, -0.15) is 0 Å². The van der Waals surface area contributed by atoms with Crippen molar-refractivity contribution >= 4 is 23.2 Å². The van der Waals surface area contributed by atoms with Gasteiger partial charge in [-0.05, 0) is 35.7 Å². The molecule has 1 aliphatic heterocycles. The molecule has 2 aromatic rings. The quantitative estimate of drug-likeness (QED) is 0.821. The van der Waals surface area contributed by atoms with Crippen LogP contribution in [0.1, 0.15) is 49.5 Å². The highest BCUT2D eigenvalue weighted by atomic mass is 16.2. The summed E-state index contributed by atoms with van der Waals surface area (Å²) in [4.78, 5) is 29.2. The number of carbonyl (C=O) groups is 2. The van der Waals surface area contributed by atoms with Crippen LogP contribution in [-0.4, -0.2) is 42.9 Å². The van der Waals surface area contributed by atoms with Crippen LogP contribution in [0.5, 0.6) is 0 Å². The third kappa shape index (κ3) is 4.97. The highest BCUT2D eigenvalue weighted by Gasteiger charge is 2.24. The van der Waals surface area contributed by atoms with Crippen LogP contribution in [-0.2, 0) is 4.79 Å². The molecule has 2 amide bonds. The van der Waals surface area contributed by atoms with Gasteiger partial charge in [-0.3, -0.25) is 9.59 Å². The molecule has 154 valence electrons. The third-order valence-corrected chi connectivity index (χ3v) is 5.42. The van der Waals surface area contributed by atoms with Crippen molar-refractivity contribution in [2.24, 2.45) is 5.92 Å². The topological polar surface area (TPSA) is 52.7 Å². The number of hydrogen-bond donors (Lipinski definition) is 1. The Morgan fingerprint density at radius 3 is 2.07 bits per heavy atom. The summed E-state index contributed by atoms with van der Waals surface area (Å²) < 4.78 is 0. The monoisotopic (exact) mass is 393 g/mol. The molecule has 0 atom stereocenters. The molecule has 0 aliphatic carbocycles. The van der Waals surface area contributed by atoms with Crippen LogP contribution < -0.4 is 10.2 Å². The summed E-state index contributed by atoms with van der Waals surface area (Å²) in [6, 6.07) is 15.6. The smallest absolute Gasteiger partial charge is 0.255 e. The third-order valence-electron chi connectivity index (χ3n) is 5.42. The molecule has 0 spiro atoms. The first-order valence-electron chi connectivity index (χ1n) is 10.4. The maximum atomic E-state index is 12.8. The first-order valence-corrected chi connectivity index (χ1v) is 10.4. The molecule has 0 unspecified atom stereocenters. The lowest BCUT2D eigenvalue weighted by atomic mass is 10.0. The maximum Gasteiger partial charge on any atom is 0.255 e. The molecule has 29 heavy (non-hydrogen) atoms. The normalized spacial score (nSPS) is 14.4. The number of nitrogens with zero attached hydrogens (tertiary/aromatic N) is 2. The van der Waals surface area contributed by atoms with Crippen molar-refractivity contribution < 1.29 is 9.59 Å². The highest BCUT2D eigenvalue weighted by molar-refractivity contribution is 6.06. The molecular formula is C24H31N3O2. The lowest BCUT2D eigenvalue weighted by Gasteiger charge is -2.37. The van der Waals surface area contributed by atoms with Crippen LogP contribution in [0.2, 0.25) is 0 Å². The molecule has 5 heteroatoms. The van der Waals surface area contributed by atoms with E-state index in [0.29, 0.717) is 24.6 Å². The summed E-state index contributed by atoms with van der Waals surface area (Å²) >= 11 is 0. The first kappa shape index (κ1) is 20.9. The van der Waals surface area contributed by atoms with Gasteiger partial charge in [0.05, 0.1) is 11.4 Å². The molecule has 1 fully saturated rings. The summed E-state index contributed by atoms with van der Waals surface area (Å²) in [6.45, 7) is 11.1. The summed E-state index contributed by atoms with van der Waals surface area (Å²) in [7, 11) is 0. The molecular weight excluding hydrogens is 362 g/mol. The van der Waals surface area contributed by atoms with E-state index in [0.717, 1.165) is 24.5 Å². The van der Waals surface area contributed by atoms with Crippen LogP contribution in [0.15, 0.2) is 48.5 Å². The highest BCUT2D eigenvalue weighted by Crippen LogP contribution is 2.27. The number of piperazine rings is 1. The number of para-hydroxylation sites is 2. The van der Waals surface area contributed by atoms with Crippen LogP contribution in [0.3, 0.4) is 0 Å². The maximum absolute atomic E-state index is 12.8. The predicted molar refractivity (Wildman–Crippen MR) is 119 cm³/mol. The van der Waals surface area contributed by atoms with Crippen LogP contribution in [0.4, 0.5) is 11.4 Å². The van der Waals surface area contributed by atoms with Gasteiger partial charge in [0.15, 0.2) is 0 Å². The minimum atomic E-state index is -0.110. The average Bonchev–Trinajstić information content (AvgIpc) is 2.73. The van der Waals surface area contributed by atoms with Crippen LogP contribution >= 0.6 is 0 Å². The van der Waals surface area contributed by atoms with Gasteiger partial charge in [-0.25, -0.2) is 0 Å². The van der Waals surface area contributed by atoms with E-state index >= 15 is 0 Å². The molecule has 1 aliphatic rings. The Hall–Kier alpha value is -2.82. The second-order valence-corrected chi connectivity index (χ2v) is 8.22. The summed E-state index contributed by atoms with van der Waals surface area (Å²) in [5, 5.41) is 3.06. The molecule has 1 N–H and O–H groups in total. The van der Waals surface area contributed by atoms with Gasteiger partial charge in [0.2, 0.25) is 5.91 Å². The molecule has 5 nitrogen and oxygen atoms in total. The zero-order valence-electron chi connectivity index (χ0n) is 17.8. The van der Waals surface area contributed by atoms with Crippen molar-refractivity contribution in [3.63, 3.8) is 0 Å². The molecule has 0 bridgehead atoms. The van der Waals surface area contributed by atoms with Crippen molar-refractivity contribution in [1.29, 1.82) is 0 Å². The van der Waals surface area contributed by atoms with E-state index in [-0.39, 0.29) is 17.7 Å². The summed E-state index contributed by atoms with van der Waals surface area (Å²) in [5.41, 5.74) is 3.66. The van der Waals surface area contributed by atoms with Crippen LogP contribution in [0, 0.1) is 5.92 Å². The second-order valence-electron chi connectivity index (χ2n) is 8.22. The number of hydrogen-bond acceptors (Lipinski definition) is 3. The lowest BCUT2D eigenvalue weighted by Crippen LogP contribution is -2.50. The number of carbonyl (C=O) groups excluding carboxylic acids is 2. The van der Waals surface area contributed by atoms with E-state index in [4.69, 9.17) is 0 Å². The standard InChI is InChI=1S/C24H31N3O2/c1-17(2)19-9-11-20(12-10-19)23(28)25-21-7-5-6-8-22(21)26-13-15-27(16-14-26)24(29)18(3)4/h5-12,17-18H,13-16H2,1-4H3,(H,25,28). The fourth-order valence-corrected chi connectivity index (χ4v) is 3.60. The molecule has 2 aromatic carbocycles. The first-order chi connectivity index (χ1) is 13.9. The Balaban J connectivity index is 1.69. The second kappa shape index (κ2) is 9.12. The van der Waals surface area contributed by atoms with Crippen molar-refractivity contribution in [3.8, 4) is 0 Å². The van der Waals surface area contributed by atoms with Gasteiger partial charge >= 0.3 is 0 Å². The SMILES string of the molecule is CC(C)C(=O)N1CCN(c2ccccc2NC(=O)c2ccc(C(C)C)cc2)CC1. The van der Waals surface area contributed by atoms with E-state index in [1.165, 1.54) is 5.56 Å².